The SMILES string of the molecule is Cn1cc(S(=O)N(C2CC2)C2CCC3=Cc4c(ccn4-c4ccc(F)cc4)CC3(C(=O)c3cc(F)ccn3)C2)cn1. The number of hydrogen-bond acceptors (Lipinski definition) is 4. The van der Waals surface area contributed by atoms with Crippen LogP contribution in [-0.4, -0.2) is 45.7 Å². The fourth-order valence-electron chi connectivity index (χ4n) is 6.53. The lowest BCUT2D eigenvalue weighted by Gasteiger charge is -2.46. The number of Topliss-reactive ketones (excluding diaryl/α,β-unsaturated/α-hetero) is 1. The summed E-state index contributed by atoms with van der Waals surface area (Å²) in [5, 5.41) is 4.22. The van der Waals surface area contributed by atoms with Gasteiger partial charge in [-0.15, -0.1) is 0 Å². The number of aromatic nitrogens is 4. The highest BCUT2D eigenvalue weighted by Gasteiger charge is 2.52. The molecular weight excluding hydrogens is 544 g/mol. The number of allylic oxidation sites excluding steroid dienone is 1. The van der Waals surface area contributed by atoms with Crippen molar-refractivity contribution in [2.75, 3.05) is 0 Å². The number of hydrogen-bond donors (Lipinski definition) is 0. The normalized spacial score (nSPS) is 22.6. The van der Waals surface area contributed by atoms with Crippen LogP contribution in [0.25, 0.3) is 11.8 Å². The van der Waals surface area contributed by atoms with Gasteiger partial charge in [-0.05, 0) is 86.6 Å². The summed E-state index contributed by atoms with van der Waals surface area (Å²) in [7, 11) is 0.386. The number of benzene rings is 1. The molecule has 3 aromatic heterocycles. The van der Waals surface area contributed by atoms with E-state index in [-0.39, 0.29) is 29.4 Å². The van der Waals surface area contributed by atoms with Crippen LogP contribution in [0.3, 0.4) is 0 Å². The lowest BCUT2D eigenvalue weighted by atomic mass is 9.60. The molecule has 10 heteroatoms. The number of aryl methyl sites for hydroxylation is 1. The summed E-state index contributed by atoms with van der Waals surface area (Å²) in [6.45, 7) is 0. The average Bonchev–Trinajstić information content (AvgIpc) is 3.57. The summed E-state index contributed by atoms with van der Waals surface area (Å²) >= 11 is 0. The zero-order chi connectivity index (χ0) is 28.3. The van der Waals surface area contributed by atoms with Crippen molar-refractivity contribution in [3.8, 4) is 5.69 Å². The molecule has 7 rings (SSSR count). The predicted octanol–water partition coefficient (Wildman–Crippen LogP) is 5.43. The van der Waals surface area contributed by atoms with Crippen LogP contribution in [-0.2, 0) is 24.5 Å². The predicted molar refractivity (Wildman–Crippen MR) is 150 cm³/mol. The second-order valence-electron chi connectivity index (χ2n) is 11.3. The van der Waals surface area contributed by atoms with Crippen LogP contribution in [0, 0.1) is 17.0 Å². The largest absolute Gasteiger partial charge is 0.317 e. The number of fused-ring (bicyclic) bond motifs is 2. The van der Waals surface area contributed by atoms with E-state index in [1.807, 2.05) is 16.8 Å². The minimum atomic E-state index is -1.42. The van der Waals surface area contributed by atoms with Crippen LogP contribution in [0.4, 0.5) is 8.78 Å². The van der Waals surface area contributed by atoms with Crippen LogP contribution in [0.1, 0.15) is 53.8 Å². The number of nitrogens with zero attached hydrogens (tertiary/aromatic N) is 5. The standard InChI is InChI=1S/C31H29F2N5O2S/c1-36-19-27(18-35-36)41(40)38(25-8-9-25)26-5-2-21-14-29-20(11-13-37(29)24-6-3-22(32)4-7-24)16-31(21,17-26)30(39)28-15-23(33)10-12-34-28/h3-4,6-7,10-15,18-19,25-26H,2,5,8-9,16-17H2,1H3. The van der Waals surface area contributed by atoms with Crippen molar-refractivity contribution in [1.82, 2.24) is 23.6 Å². The molecule has 210 valence electrons. The molecule has 0 spiro atoms. The summed E-state index contributed by atoms with van der Waals surface area (Å²) in [6, 6.07) is 10.8. The maximum absolute atomic E-state index is 14.4. The second kappa shape index (κ2) is 9.95. The number of carbonyl (C=O) groups is 1. The maximum atomic E-state index is 14.4. The Morgan fingerprint density at radius 1 is 1.07 bits per heavy atom. The van der Waals surface area contributed by atoms with Crippen LogP contribution >= 0.6 is 0 Å². The van der Waals surface area contributed by atoms with Crippen LogP contribution in [0.15, 0.2) is 77.7 Å². The Kier molecular flexibility index (Phi) is 6.35. The van der Waals surface area contributed by atoms with E-state index < -0.39 is 22.2 Å². The van der Waals surface area contributed by atoms with E-state index in [1.165, 1.54) is 30.5 Å². The number of rotatable bonds is 7. The highest BCUT2D eigenvalue weighted by Crippen LogP contribution is 2.52. The highest BCUT2D eigenvalue weighted by atomic mass is 32.2. The molecule has 0 saturated heterocycles. The Labute approximate surface area is 239 Å². The molecule has 2 saturated carbocycles. The smallest absolute Gasteiger partial charge is 0.191 e. The van der Waals surface area contributed by atoms with Crippen molar-refractivity contribution >= 4 is 22.8 Å². The van der Waals surface area contributed by atoms with Gasteiger partial charge in [-0.2, -0.15) is 5.10 Å². The molecule has 0 N–H and O–H groups in total. The first kappa shape index (κ1) is 26.2. The molecule has 3 unspecified atom stereocenters. The van der Waals surface area contributed by atoms with Gasteiger partial charge in [0.2, 0.25) is 0 Å². The summed E-state index contributed by atoms with van der Waals surface area (Å²) in [4.78, 5) is 19.3. The molecule has 7 nitrogen and oxygen atoms in total. The van der Waals surface area contributed by atoms with Gasteiger partial charge in [0.15, 0.2) is 5.78 Å². The zero-order valence-corrected chi connectivity index (χ0v) is 23.4. The molecule has 0 radical (unpaired) electrons. The van der Waals surface area contributed by atoms with Crippen molar-refractivity contribution in [2.24, 2.45) is 12.5 Å². The molecule has 0 aliphatic heterocycles. The summed E-state index contributed by atoms with van der Waals surface area (Å²) in [5.74, 6) is -1.02. The van der Waals surface area contributed by atoms with Crippen LogP contribution < -0.4 is 0 Å². The van der Waals surface area contributed by atoms with E-state index in [0.717, 1.165) is 41.8 Å². The fourth-order valence-corrected chi connectivity index (χ4v) is 8.08. The summed E-state index contributed by atoms with van der Waals surface area (Å²) in [6.07, 6.45) is 12.9. The lowest BCUT2D eigenvalue weighted by molar-refractivity contribution is 0.0736. The maximum Gasteiger partial charge on any atom is 0.191 e. The molecule has 3 heterocycles. The van der Waals surface area contributed by atoms with Gasteiger partial charge in [-0.25, -0.2) is 17.3 Å². The summed E-state index contributed by atoms with van der Waals surface area (Å²) in [5.41, 5.74) is 2.90. The van der Waals surface area contributed by atoms with Crippen molar-refractivity contribution in [3.05, 3.63) is 101 Å². The Morgan fingerprint density at radius 2 is 1.88 bits per heavy atom. The number of pyridine rings is 1. The molecule has 3 atom stereocenters. The minimum absolute atomic E-state index is 0.101. The molecule has 0 bridgehead atoms. The molecule has 3 aliphatic carbocycles. The highest BCUT2D eigenvalue weighted by molar-refractivity contribution is 7.82. The van der Waals surface area contributed by atoms with E-state index in [1.54, 1.807) is 36.3 Å². The Morgan fingerprint density at radius 3 is 2.59 bits per heavy atom. The Bertz CT molecular complexity index is 1710. The summed E-state index contributed by atoms with van der Waals surface area (Å²) < 4.78 is 47.5. The van der Waals surface area contributed by atoms with Gasteiger partial charge in [-0.3, -0.25) is 14.5 Å². The van der Waals surface area contributed by atoms with Gasteiger partial charge in [0.1, 0.15) is 28.3 Å². The third-order valence-corrected chi connectivity index (χ3v) is 10.2. The number of halogens is 2. The molecular formula is C31H29F2N5O2S. The lowest BCUT2D eigenvalue weighted by Crippen LogP contribution is -2.50. The Balaban J connectivity index is 1.30. The third kappa shape index (κ3) is 4.59. The topological polar surface area (TPSA) is 73.0 Å². The molecule has 4 aromatic rings. The van der Waals surface area contributed by atoms with Crippen molar-refractivity contribution in [3.63, 3.8) is 0 Å². The van der Waals surface area contributed by atoms with Crippen molar-refractivity contribution < 1.29 is 17.8 Å². The van der Waals surface area contributed by atoms with Gasteiger partial charge in [0.25, 0.3) is 0 Å². The third-order valence-electron chi connectivity index (χ3n) is 8.60. The second-order valence-corrected chi connectivity index (χ2v) is 12.7. The van der Waals surface area contributed by atoms with E-state index in [0.29, 0.717) is 24.2 Å². The van der Waals surface area contributed by atoms with E-state index in [2.05, 4.69) is 20.5 Å². The van der Waals surface area contributed by atoms with Crippen molar-refractivity contribution in [1.29, 1.82) is 0 Å². The van der Waals surface area contributed by atoms with Crippen molar-refractivity contribution in [2.45, 2.75) is 55.5 Å². The van der Waals surface area contributed by atoms with E-state index in [9.17, 15) is 17.8 Å². The molecule has 3 aliphatic rings. The Hall–Kier alpha value is -3.76. The molecule has 0 amide bonds. The molecule has 1 aromatic carbocycles. The van der Waals surface area contributed by atoms with Crippen LogP contribution in [0.2, 0.25) is 0 Å². The zero-order valence-electron chi connectivity index (χ0n) is 22.5. The molecule has 2 fully saturated rings. The first-order valence-electron chi connectivity index (χ1n) is 13.8. The van der Waals surface area contributed by atoms with E-state index >= 15 is 0 Å². The first-order chi connectivity index (χ1) is 19.8. The van der Waals surface area contributed by atoms with Gasteiger partial charge >= 0.3 is 0 Å². The monoisotopic (exact) mass is 573 g/mol. The average molecular weight is 574 g/mol. The van der Waals surface area contributed by atoms with Gasteiger partial charge < -0.3 is 4.57 Å². The van der Waals surface area contributed by atoms with Gasteiger partial charge in [0, 0.05) is 55.2 Å². The quantitative estimate of drug-likeness (QED) is 0.277. The van der Waals surface area contributed by atoms with Crippen LogP contribution in [0.5, 0.6) is 0 Å². The fraction of sp³-hybridized carbons (Fsp3) is 0.323. The van der Waals surface area contributed by atoms with E-state index in [4.69, 9.17) is 0 Å². The van der Waals surface area contributed by atoms with Gasteiger partial charge in [-0.1, -0.05) is 5.57 Å². The first-order valence-corrected chi connectivity index (χ1v) is 15.0. The minimum Gasteiger partial charge on any atom is -0.317 e. The number of carbonyl (C=O) groups excluding carboxylic acids is 1. The number of ketones is 1. The molecule has 41 heavy (non-hydrogen) atoms. The van der Waals surface area contributed by atoms with Gasteiger partial charge in [0.05, 0.1) is 16.5 Å².